The molecule has 0 bridgehead atoms. The second-order valence-electron chi connectivity index (χ2n) is 9.98. The van der Waals surface area contributed by atoms with Crippen molar-refractivity contribution >= 4 is 51.2 Å². The third kappa shape index (κ3) is 6.02. The lowest BCUT2D eigenvalue weighted by Gasteiger charge is -2.25. The van der Waals surface area contributed by atoms with Gasteiger partial charge in [-0.1, -0.05) is 18.2 Å². The molecule has 12 nitrogen and oxygen atoms in total. The molecule has 1 atom stereocenters. The summed E-state index contributed by atoms with van der Waals surface area (Å²) >= 11 is 1.18. The maximum absolute atomic E-state index is 14.9. The number of fused-ring (bicyclic) bond motifs is 1. The maximum Gasteiger partial charge on any atom is 0.508 e. The van der Waals surface area contributed by atoms with Crippen LogP contribution in [0.3, 0.4) is 0 Å². The molecule has 15 heteroatoms. The van der Waals surface area contributed by atoms with Crippen LogP contribution < -0.4 is 20.4 Å². The second-order valence-corrected chi connectivity index (χ2v) is 11.0. The average Bonchev–Trinajstić information content (AvgIpc) is 3.36. The van der Waals surface area contributed by atoms with Gasteiger partial charge in [0, 0.05) is 29.3 Å². The third-order valence-corrected chi connectivity index (χ3v) is 8.14. The van der Waals surface area contributed by atoms with Crippen LogP contribution in [-0.4, -0.2) is 77.5 Å². The van der Waals surface area contributed by atoms with E-state index in [2.05, 4.69) is 25.8 Å². The summed E-state index contributed by atoms with van der Waals surface area (Å²) in [4.78, 5) is 48.1. The van der Waals surface area contributed by atoms with Crippen LogP contribution in [0, 0.1) is 17.6 Å². The molecule has 0 spiro atoms. The number of hydrogen-bond acceptors (Lipinski definition) is 9. The van der Waals surface area contributed by atoms with Gasteiger partial charge in [0.05, 0.1) is 19.8 Å². The number of anilines is 2. The van der Waals surface area contributed by atoms with Crippen molar-refractivity contribution in [3.05, 3.63) is 82.9 Å². The summed E-state index contributed by atoms with van der Waals surface area (Å²) in [6.07, 6.45) is 0. The fourth-order valence-corrected chi connectivity index (χ4v) is 6.24. The summed E-state index contributed by atoms with van der Waals surface area (Å²) in [6, 6.07) is 11.8. The fourth-order valence-electron chi connectivity index (χ4n) is 4.85. The van der Waals surface area contributed by atoms with Crippen LogP contribution >= 0.6 is 11.8 Å². The lowest BCUT2D eigenvalue weighted by molar-refractivity contribution is -0.444. The molecule has 44 heavy (non-hydrogen) atoms. The van der Waals surface area contributed by atoms with Gasteiger partial charge in [-0.2, -0.15) is 9.37 Å². The maximum atomic E-state index is 14.9. The molecule has 2 N–H and O–H groups in total. The number of benzene rings is 2. The first-order valence-electron chi connectivity index (χ1n) is 13.2. The highest BCUT2D eigenvalue weighted by atomic mass is 32.2. The topological polar surface area (TPSA) is 129 Å². The largest absolute Gasteiger partial charge is 0.508 e. The first kappa shape index (κ1) is 30.7. The molecule has 0 saturated heterocycles. The van der Waals surface area contributed by atoms with Crippen molar-refractivity contribution in [2.24, 2.45) is 5.92 Å². The van der Waals surface area contributed by atoms with Gasteiger partial charge in [0.15, 0.2) is 11.0 Å². The number of hydrogen-bond donors (Lipinski definition) is 2. The number of ether oxygens (including phenoxy) is 1. The molecular formula is C29H28F2N7O5S+. The van der Waals surface area contributed by atoms with Crippen molar-refractivity contribution in [3.8, 4) is 5.88 Å². The molecule has 3 heterocycles. The summed E-state index contributed by atoms with van der Waals surface area (Å²) in [5.74, 6) is -3.08. The Balaban J connectivity index is 1.64. The SMILES string of the molecule is CONC(=O)Nc1ccc(C2=C(CN(C)C)C3C(=O)N(c4ccc(OC)nn4)C(=O)[N+](Cc4c(F)cccc4F)=C3S2)cc1. The number of urea groups is 2. The van der Waals surface area contributed by atoms with Gasteiger partial charge in [-0.15, -0.1) is 15.1 Å². The van der Waals surface area contributed by atoms with Crippen molar-refractivity contribution in [3.63, 3.8) is 0 Å². The number of amides is 5. The quantitative estimate of drug-likeness (QED) is 0.269. The first-order chi connectivity index (χ1) is 21.1. The number of carbonyl (C=O) groups is 3. The van der Waals surface area contributed by atoms with Crippen molar-refractivity contribution < 1.29 is 37.3 Å². The van der Waals surface area contributed by atoms with Crippen LogP contribution in [0.25, 0.3) is 4.91 Å². The highest BCUT2D eigenvalue weighted by Crippen LogP contribution is 2.47. The van der Waals surface area contributed by atoms with Gasteiger partial charge in [-0.3, -0.25) is 4.84 Å². The first-order valence-corrected chi connectivity index (χ1v) is 14.0. The predicted molar refractivity (Wildman–Crippen MR) is 159 cm³/mol. The minimum absolute atomic E-state index is 0.0636. The van der Waals surface area contributed by atoms with Gasteiger partial charge in [-0.25, -0.2) is 23.9 Å². The fraction of sp³-hybridized carbons (Fsp3) is 0.241. The monoisotopic (exact) mass is 624 g/mol. The Labute approximate surface area is 255 Å². The van der Waals surface area contributed by atoms with Crippen LogP contribution in [-0.2, 0) is 16.2 Å². The minimum atomic E-state index is -0.959. The smallest absolute Gasteiger partial charge is 0.480 e. The molecular weight excluding hydrogens is 596 g/mol. The van der Waals surface area contributed by atoms with E-state index >= 15 is 0 Å². The van der Waals surface area contributed by atoms with Crippen LogP contribution in [0.5, 0.6) is 5.88 Å². The molecule has 0 fully saturated rings. The Hall–Kier alpha value is -4.73. The van der Waals surface area contributed by atoms with Gasteiger partial charge in [0.2, 0.25) is 5.88 Å². The van der Waals surface area contributed by atoms with Crippen LogP contribution in [0.15, 0.2) is 60.2 Å². The molecule has 2 aromatic carbocycles. The van der Waals surface area contributed by atoms with E-state index in [-0.39, 0.29) is 17.3 Å². The number of carbonyl (C=O) groups excluding carboxylic acids is 3. The van der Waals surface area contributed by atoms with Crippen molar-refractivity contribution in [2.75, 3.05) is 45.1 Å². The Bertz CT molecular complexity index is 1660. The molecule has 0 saturated carbocycles. The predicted octanol–water partition coefficient (Wildman–Crippen LogP) is 3.86. The molecule has 1 unspecified atom stereocenters. The van der Waals surface area contributed by atoms with E-state index in [0.717, 1.165) is 17.0 Å². The number of thioether (sulfide) groups is 1. The lowest BCUT2D eigenvalue weighted by Crippen LogP contribution is -2.54. The molecule has 0 aliphatic carbocycles. The van der Waals surface area contributed by atoms with E-state index in [9.17, 15) is 23.2 Å². The highest BCUT2D eigenvalue weighted by Gasteiger charge is 2.55. The Morgan fingerprint density at radius 1 is 1.05 bits per heavy atom. The molecule has 2 aliphatic heterocycles. The Morgan fingerprint density at radius 2 is 1.75 bits per heavy atom. The summed E-state index contributed by atoms with van der Waals surface area (Å²) in [7, 11) is 6.40. The van der Waals surface area contributed by atoms with Gasteiger partial charge in [0.25, 0.3) is 5.82 Å². The number of aromatic nitrogens is 2. The molecule has 5 amide bonds. The zero-order valence-electron chi connectivity index (χ0n) is 24.1. The van der Waals surface area contributed by atoms with Gasteiger partial charge in [0.1, 0.15) is 18.2 Å². The number of imide groups is 1. The molecule has 228 valence electrons. The van der Waals surface area contributed by atoms with Crippen molar-refractivity contribution in [1.29, 1.82) is 0 Å². The summed E-state index contributed by atoms with van der Waals surface area (Å²) in [5.41, 5.74) is 3.72. The van der Waals surface area contributed by atoms with E-state index in [0.29, 0.717) is 33.3 Å². The van der Waals surface area contributed by atoms with E-state index < -0.39 is 42.1 Å². The molecule has 3 aromatic rings. The van der Waals surface area contributed by atoms with Gasteiger partial charge in [-0.05, 0) is 61.3 Å². The lowest BCUT2D eigenvalue weighted by atomic mass is 9.94. The number of halogens is 2. The number of nitrogens with zero attached hydrogens (tertiary/aromatic N) is 5. The van der Waals surface area contributed by atoms with Crippen molar-refractivity contribution in [2.45, 2.75) is 6.54 Å². The molecule has 5 rings (SSSR count). The summed E-state index contributed by atoms with van der Waals surface area (Å²) in [6.45, 7) is -0.139. The second kappa shape index (κ2) is 12.9. The van der Waals surface area contributed by atoms with E-state index in [4.69, 9.17) is 4.74 Å². The van der Waals surface area contributed by atoms with Gasteiger partial charge >= 0.3 is 18.0 Å². The minimum Gasteiger partial charge on any atom is -0.480 e. The number of rotatable bonds is 9. The van der Waals surface area contributed by atoms with Crippen LogP contribution in [0.1, 0.15) is 11.1 Å². The van der Waals surface area contributed by atoms with E-state index in [1.807, 2.05) is 19.0 Å². The van der Waals surface area contributed by atoms with E-state index in [1.54, 1.807) is 24.3 Å². The zero-order valence-corrected chi connectivity index (χ0v) is 24.9. The molecule has 2 aliphatic rings. The Kier molecular flexibility index (Phi) is 8.98. The van der Waals surface area contributed by atoms with E-state index in [1.165, 1.54) is 48.8 Å². The van der Waals surface area contributed by atoms with Crippen LogP contribution in [0.4, 0.5) is 29.9 Å². The standard InChI is InChI=1S/C29H27F2N7O5S/c1-36(2)14-19-24-26(39)38(22-12-13-23(42-3)34-33-22)29(41)37(15-18-20(30)6-5-7-21(18)31)27(24)44-25(19)16-8-10-17(11-9-16)32-28(40)35-43-4/h5-13,24H,14-15H2,1-4H3,(H-,32,35,40)/p+1. The van der Waals surface area contributed by atoms with Crippen molar-refractivity contribution in [1.82, 2.24) is 20.6 Å². The molecule has 1 aromatic heterocycles. The third-order valence-electron chi connectivity index (χ3n) is 6.78. The zero-order chi connectivity index (χ0) is 31.5. The summed E-state index contributed by atoms with van der Waals surface area (Å²) < 4.78 is 36.0. The molecule has 0 radical (unpaired) electrons. The highest BCUT2D eigenvalue weighted by molar-refractivity contribution is 8.22. The normalized spacial score (nSPS) is 16.5. The number of likely N-dealkylation sites (N-methyl/N-ethyl adjacent to an activating group) is 1. The van der Waals surface area contributed by atoms with Gasteiger partial charge < -0.3 is 15.0 Å². The number of nitrogens with one attached hydrogen (secondary N) is 2. The number of hydroxylamine groups is 1. The Morgan fingerprint density at radius 3 is 2.34 bits per heavy atom. The number of methoxy groups -OCH3 is 1. The average molecular weight is 625 g/mol. The summed E-state index contributed by atoms with van der Waals surface area (Å²) in [5, 5.41) is 10.9. The van der Waals surface area contributed by atoms with Crippen LogP contribution in [0.2, 0.25) is 0 Å².